The summed E-state index contributed by atoms with van der Waals surface area (Å²) in [6.45, 7) is 0. The van der Waals surface area contributed by atoms with E-state index in [9.17, 15) is 18.0 Å². The van der Waals surface area contributed by atoms with Gasteiger partial charge in [-0.1, -0.05) is 0 Å². The third-order valence-electron chi connectivity index (χ3n) is 2.88. The molecule has 8 nitrogen and oxygen atoms in total. The zero-order valence-corrected chi connectivity index (χ0v) is 10.4. The fourth-order valence-corrected chi connectivity index (χ4v) is 2.84. The van der Waals surface area contributed by atoms with Crippen molar-refractivity contribution >= 4 is 22.0 Å². The molecule has 1 aliphatic carbocycles. The topological polar surface area (TPSA) is 147 Å². The number of carbonyl (C=O) groups is 2. The Hall–Kier alpha value is -1.19. The summed E-state index contributed by atoms with van der Waals surface area (Å²) in [5.74, 6) is -1.81. The zero-order valence-electron chi connectivity index (χ0n) is 9.57. The first-order valence-electron chi connectivity index (χ1n) is 5.44. The van der Waals surface area contributed by atoms with Crippen molar-refractivity contribution < 1.29 is 27.7 Å². The minimum Gasteiger partial charge on any atom is -0.481 e. The second kappa shape index (κ2) is 5.63. The first-order chi connectivity index (χ1) is 8.20. The van der Waals surface area contributed by atoms with Crippen molar-refractivity contribution in [3.8, 4) is 0 Å². The van der Waals surface area contributed by atoms with E-state index in [0.29, 0.717) is 6.42 Å². The van der Waals surface area contributed by atoms with Gasteiger partial charge in [0.1, 0.15) is 0 Å². The van der Waals surface area contributed by atoms with Crippen LogP contribution in [0.25, 0.3) is 0 Å². The standard InChI is InChI=1S/C9H16N2O6S/c10-7(4-8(12)13)9(14)11-5-1-2-6(3-5)18(15,16)17/h5-7H,1-4,10H2,(H,11,14)(H,12,13)(H,15,16,17)/t5?,6?,7-/m0/s1. The molecule has 5 N–H and O–H groups in total. The molecule has 0 saturated heterocycles. The molecule has 2 unspecified atom stereocenters. The van der Waals surface area contributed by atoms with Crippen molar-refractivity contribution in [1.82, 2.24) is 5.32 Å². The molecule has 0 radical (unpaired) electrons. The van der Waals surface area contributed by atoms with Gasteiger partial charge in [-0.25, -0.2) is 0 Å². The van der Waals surface area contributed by atoms with Gasteiger partial charge in [0.15, 0.2) is 0 Å². The Balaban J connectivity index is 2.46. The van der Waals surface area contributed by atoms with E-state index >= 15 is 0 Å². The lowest BCUT2D eigenvalue weighted by Crippen LogP contribution is -2.45. The van der Waals surface area contributed by atoms with E-state index in [1.54, 1.807) is 0 Å². The molecule has 0 aromatic carbocycles. The highest BCUT2D eigenvalue weighted by molar-refractivity contribution is 7.86. The van der Waals surface area contributed by atoms with E-state index in [2.05, 4.69) is 5.32 Å². The minimum atomic E-state index is -4.09. The van der Waals surface area contributed by atoms with Crippen molar-refractivity contribution in [3.63, 3.8) is 0 Å². The van der Waals surface area contributed by atoms with E-state index in [-0.39, 0.29) is 12.8 Å². The van der Waals surface area contributed by atoms with Crippen LogP contribution in [0.1, 0.15) is 25.7 Å². The largest absolute Gasteiger partial charge is 0.481 e. The Morgan fingerprint density at radius 3 is 2.44 bits per heavy atom. The third-order valence-corrected chi connectivity index (χ3v) is 4.15. The summed E-state index contributed by atoms with van der Waals surface area (Å²) in [5.41, 5.74) is 5.36. The smallest absolute Gasteiger partial charge is 0.305 e. The van der Waals surface area contributed by atoms with Gasteiger partial charge in [0.25, 0.3) is 10.1 Å². The van der Waals surface area contributed by atoms with Gasteiger partial charge in [0.05, 0.1) is 17.7 Å². The van der Waals surface area contributed by atoms with Crippen molar-refractivity contribution in [2.45, 2.75) is 43.0 Å². The van der Waals surface area contributed by atoms with E-state index in [1.807, 2.05) is 0 Å². The fourth-order valence-electron chi connectivity index (χ4n) is 1.93. The van der Waals surface area contributed by atoms with Gasteiger partial charge in [-0.2, -0.15) is 8.42 Å². The second-order valence-electron chi connectivity index (χ2n) is 4.36. The molecule has 3 atom stereocenters. The van der Waals surface area contributed by atoms with Gasteiger partial charge in [0.2, 0.25) is 5.91 Å². The monoisotopic (exact) mass is 280 g/mol. The van der Waals surface area contributed by atoms with Gasteiger partial charge in [-0.15, -0.1) is 0 Å². The molecule has 18 heavy (non-hydrogen) atoms. The molecule has 1 fully saturated rings. The number of hydrogen-bond donors (Lipinski definition) is 4. The van der Waals surface area contributed by atoms with Gasteiger partial charge in [0, 0.05) is 6.04 Å². The number of nitrogens with one attached hydrogen (secondary N) is 1. The summed E-state index contributed by atoms with van der Waals surface area (Å²) >= 11 is 0. The van der Waals surface area contributed by atoms with Gasteiger partial charge < -0.3 is 16.2 Å². The molecule has 104 valence electrons. The number of carboxylic acid groups (broad SMARTS) is 1. The minimum absolute atomic E-state index is 0.115. The second-order valence-corrected chi connectivity index (χ2v) is 6.06. The van der Waals surface area contributed by atoms with Crippen LogP contribution in [0, 0.1) is 0 Å². The lowest BCUT2D eigenvalue weighted by atomic mass is 10.2. The molecule has 9 heteroatoms. The van der Waals surface area contributed by atoms with Crippen LogP contribution >= 0.6 is 0 Å². The molecule has 1 rings (SSSR count). The molecule has 0 bridgehead atoms. The van der Waals surface area contributed by atoms with Crippen LogP contribution in [0.15, 0.2) is 0 Å². The molecular weight excluding hydrogens is 264 g/mol. The SMILES string of the molecule is N[C@@H](CC(=O)O)C(=O)NC1CCC(S(=O)(=O)O)C1. The molecule has 0 aliphatic heterocycles. The molecule has 1 amide bonds. The molecular formula is C9H16N2O6S. The molecule has 0 heterocycles. The Kier molecular flexibility index (Phi) is 4.65. The highest BCUT2D eigenvalue weighted by Crippen LogP contribution is 2.24. The summed E-state index contributed by atoms with van der Waals surface area (Å²) in [6.07, 6.45) is 0.304. The molecule has 0 aromatic heterocycles. The maximum atomic E-state index is 11.5. The lowest BCUT2D eigenvalue weighted by molar-refractivity contribution is -0.139. The summed E-state index contributed by atoms with van der Waals surface area (Å²) in [5, 5.41) is 10.1. The number of aliphatic carboxylic acids is 1. The summed E-state index contributed by atoms with van der Waals surface area (Å²) in [7, 11) is -4.09. The van der Waals surface area contributed by atoms with Crippen LogP contribution in [0.2, 0.25) is 0 Å². The van der Waals surface area contributed by atoms with Gasteiger partial charge in [-0.05, 0) is 19.3 Å². The number of carboxylic acids is 1. The number of hydrogen-bond acceptors (Lipinski definition) is 5. The first kappa shape index (κ1) is 14.9. The highest BCUT2D eigenvalue weighted by atomic mass is 32.2. The average molecular weight is 280 g/mol. The predicted molar refractivity (Wildman–Crippen MR) is 61.3 cm³/mol. The van der Waals surface area contributed by atoms with Crippen molar-refractivity contribution in [3.05, 3.63) is 0 Å². The normalized spacial score (nSPS) is 25.7. The Morgan fingerprint density at radius 2 is 2.00 bits per heavy atom. The van der Waals surface area contributed by atoms with Crippen LogP contribution in [0.5, 0.6) is 0 Å². The van der Waals surface area contributed by atoms with Crippen molar-refractivity contribution in [2.75, 3.05) is 0 Å². The average Bonchev–Trinajstić information content (AvgIpc) is 2.64. The number of carbonyl (C=O) groups excluding carboxylic acids is 1. The first-order valence-corrected chi connectivity index (χ1v) is 6.94. The number of nitrogens with two attached hydrogens (primary N) is 1. The van der Waals surface area contributed by atoms with Crippen LogP contribution in [-0.4, -0.2) is 47.3 Å². The van der Waals surface area contributed by atoms with E-state index in [1.165, 1.54) is 0 Å². The van der Waals surface area contributed by atoms with E-state index in [4.69, 9.17) is 15.4 Å². The number of amides is 1. The Labute approximate surface area is 104 Å². The lowest BCUT2D eigenvalue weighted by Gasteiger charge is -2.15. The quantitative estimate of drug-likeness (QED) is 0.458. The van der Waals surface area contributed by atoms with E-state index in [0.717, 1.165) is 0 Å². The van der Waals surface area contributed by atoms with Crippen LogP contribution in [0.3, 0.4) is 0 Å². The molecule has 1 aliphatic rings. The fraction of sp³-hybridized carbons (Fsp3) is 0.778. The molecule has 0 aromatic rings. The van der Waals surface area contributed by atoms with Crippen LogP contribution < -0.4 is 11.1 Å². The van der Waals surface area contributed by atoms with Crippen molar-refractivity contribution in [1.29, 1.82) is 0 Å². The number of rotatable bonds is 5. The van der Waals surface area contributed by atoms with Gasteiger partial charge in [-0.3, -0.25) is 14.1 Å². The highest BCUT2D eigenvalue weighted by Gasteiger charge is 2.34. The third kappa shape index (κ3) is 4.24. The van der Waals surface area contributed by atoms with Gasteiger partial charge >= 0.3 is 5.97 Å². The van der Waals surface area contributed by atoms with Crippen LogP contribution in [0.4, 0.5) is 0 Å². The summed E-state index contributed by atoms with van der Waals surface area (Å²) in [6, 6.07) is -1.56. The summed E-state index contributed by atoms with van der Waals surface area (Å²) in [4.78, 5) is 21.8. The molecule has 1 saturated carbocycles. The maximum absolute atomic E-state index is 11.5. The zero-order chi connectivity index (χ0) is 13.9. The predicted octanol–water partition coefficient (Wildman–Crippen LogP) is -1.29. The Morgan fingerprint density at radius 1 is 1.39 bits per heavy atom. The maximum Gasteiger partial charge on any atom is 0.305 e. The van der Waals surface area contributed by atoms with Crippen molar-refractivity contribution in [2.24, 2.45) is 5.73 Å². The Bertz CT molecular complexity index is 434. The van der Waals surface area contributed by atoms with Crippen LogP contribution in [-0.2, 0) is 19.7 Å². The summed E-state index contributed by atoms with van der Waals surface area (Å²) < 4.78 is 30.6. The molecule has 0 spiro atoms. The van der Waals surface area contributed by atoms with E-state index < -0.39 is 45.7 Å².